The molecule has 0 unspecified atom stereocenters. The number of carbonyl (C=O) groups excluding carboxylic acids is 2. The standard InChI is InChI=1S/C28H30N2O4S/c1-16-22-20(23-19-11-7-8-12-21(19)35-25(23)29-16)14-28(2,3)34-24(22)26(31)30-18(15-33-27(30)32)13-17-9-5-4-6-10-17/h4-6,9-10,18,24H,7-8,11-15H2,1-3H3/t18-,24-/m1/s1. The molecule has 2 aromatic heterocycles. The number of nitrogens with zero attached hydrogens (tertiary/aromatic N) is 2. The highest BCUT2D eigenvalue weighted by molar-refractivity contribution is 7.18. The van der Waals surface area contributed by atoms with Gasteiger partial charge in [0.15, 0.2) is 6.10 Å². The van der Waals surface area contributed by atoms with E-state index in [-0.39, 0.29) is 18.6 Å². The Morgan fingerprint density at radius 2 is 1.94 bits per heavy atom. The molecule has 0 saturated carbocycles. The van der Waals surface area contributed by atoms with Crippen molar-refractivity contribution >= 4 is 33.6 Å². The third-order valence-corrected chi connectivity index (χ3v) is 8.66. The van der Waals surface area contributed by atoms with Crippen LogP contribution in [0.3, 0.4) is 0 Å². The Morgan fingerprint density at radius 1 is 1.17 bits per heavy atom. The lowest BCUT2D eigenvalue weighted by molar-refractivity contribution is -0.156. The molecular weight excluding hydrogens is 460 g/mol. The van der Waals surface area contributed by atoms with E-state index in [2.05, 4.69) is 0 Å². The fourth-order valence-corrected chi connectivity index (χ4v) is 7.29. The number of aromatic nitrogens is 1. The van der Waals surface area contributed by atoms with Crippen molar-refractivity contribution in [2.24, 2.45) is 0 Å². The van der Waals surface area contributed by atoms with Gasteiger partial charge in [-0.15, -0.1) is 11.3 Å². The molecule has 0 spiro atoms. The maximum atomic E-state index is 14.1. The summed E-state index contributed by atoms with van der Waals surface area (Å²) in [6.07, 6.45) is 4.36. The first-order valence-corrected chi connectivity index (χ1v) is 13.3. The van der Waals surface area contributed by atoms with Gasteiger partial charge in [0.2, 0.25) is 0 Å². The summed E-state index contributed by atoms with van der Waals surface area (Å²) in [6, 6.07) is 9.53. The van der Waals surface area contributed by atoms with Crippen molar-refractivity contribution in [3.8, 4) is 0 Å². The van der Waals surface area contributed by atoms with Gasteiger partial charge >= 0.3 is 6.09 Å². The summed E-state index contributed by atoms with van der Waals surface area (Å²) in [4.78, 5) is 35.6. The summed E-state index contributed by atoms with van der Waals surface area (Å²) < 4.78 is 11.8. The van der Waals surface area contributed by atoms with Crippen LogP contribution in [0, 0.1) is 6.92 Å². The SMILES string of the molecule is Cc1nc2sc3c(c2c2c1[C@H](C(=O)N1C(=O)OC[C@H]1Cc1ccccc1)OC(C)(C)C2)CCCC3. The Hall–Kier alpha value is -2.77. The number of aryl methyl sites for hydroxylation is 3. The minimum atomic E-state index is -0.881. The molecule has 1 fully saturated rings. The lowest BCUT2D eigenvalue weighted by atomic mass is 9.83. The molecule has 3 aliphatic rings. The van der Waals surface area contributed by atoms with Crippen LogP contribution in [-0.4, -0.2) is 40.1 Å². The van der Waals surface area contributed by atoms with Gasteiger partial charge < -0.3 is 9.47 Å². The lowest BCUT2D eigenvalue weighted by Gasteiger charge is -2.39. The van der Waals surface area contributed by atoms with Gasteiger partial charge in [-0.25, -0.2) is 14.7 Å². The highest BCUT2D eigenvalue weighted by Crippen LogP contribution is 2.46. The van der Waals surface area contributed by atoms with E-state index in [0.29, 0.717) is 12.8 Å². The van der Waals surface area contributed by atoms with E-state index in [1.165, 1.54) is 39.1 Å². The summed E-state index contributed by atoms with van der Waals surface area (Å²) in [6.45, 7) is 6.21. The molecule has 182 valence electrons. The molecule has 6 nitrogen and oxygen atoms in total. The topological polar surface area (TPSA) is 68.7 Å². The quantitative estimate of drug-likeness (QED) is 0.487. The minimum Gasteiger partial charge on any atom is -0.447 e. The number of ether oxygens (including phenoxy) is 2. The van der Waals surface area contributed by atoms with E-state index in [4.69, 9.17) is 14.5 Å². The Balaban J connectivity index is 1.44. The van der Waals surface area contributed by atoms with Crippen LogP contribution in [-0.2, 0) is 40.0 Å². The first-order chi connectivity index (χ1) is 16.8. The fourth-order valence-electron chi connectivity index (χ4n) is 5.95. The molecule has 7 heteroatoms. The molecule has 1 saturated heterocycles. The fraction of sp³-hybridized carbons (Fsp3) is 0.464. The summed E-state index contributed by atoms with van der Waals surface area (Å²) in [7, 11) is 0. The number of hydrogen-bond donors (Lipinski definition) is 0. The first-order valence-electron chi connectivity index (χ1n) is 12.5. The van der Waals surface area contributed by atoms with E-state index >= 15 is 0 Å². The average Bonchev–Trinajstić information content (AvgIpc) is 3.37. The Bertz CT molecular complexity index is 1330. The number of imide groups is 1. The molecule has 2 amide bonds. The summed E-state index contributed by atoms with van der Waals surface area (Å²) in [5, 5.41) is 1.23. The van der Waals surface area contributed by atoms with Crippen LogP contribution in [0.4, 0.5) is 4.79 Å². The number of amides is 2. The predicted molar refractivity (Wildman–Crippen MR) is 135 cm³/mol. The Labute approximate surface area is 209 Å². The largest absolute Gasteiger partial charge is 0.447 e. The Kier molecular flexibility index (Phi) is 5.45. The maximum Gasteiger partial charge on any atom is 0.417 e. The van der Waals surface area contributed by atoms with Crippen molar-refractivity contribution < 1.29 is 19.1 Å². The van der Waals surface area contributed by atoms with Gasteiger partial charge in [-0.1, -0.05) is 30.3 Å². The zero-order valence-electron chi connectivity index (χ0n) is 20.4. The summed E-state index contributed by atoms with van der Waals surface area (Å²) >= 11 is 1.80. The molecule has 2 aliphatic heterocycles. The van der Waals surface area contributed by atoms with Gasteiger partial charge in [-0.05, 0) is 69.6 Å². The van der Waals surface area contributed by atoms with Gasteiger partial charge in [0.25, 0.3) is 5.91 Å². The molecule has 2 atom stereocenters. The van der Waals surface area contributed by atoms with Crippen molar-refractivity contribution in [2.45, 2.75) is 77.0 Å². The van der Waals surface area contributed by atoms with E-state index in [0.717, 1.165) is 34.5 Å². The maximum absolute atomic E-state index is 14.1. The van der Waals surface area contributed by atoms with E-state index in [1.54, 1.807) is 11.3 Å². The van der Waals surface area contributed by atoms with E-state index in [9.17, 15) is 9.59 Å². The second-order valence-electron chi connectivity index (χ2n) is 10.5. The van der Waals surface area contributed by atoms with Crippen molar-refractivity contribution in [3.05, 3.63) is 63.2 Å². The van der Waals surface area contributed by atoms with Gasteiger partial charge in [0.05, 0.1) is 11.6 Å². The smallest absolute Gasteiger partial charge is 0.417 e. The average molecular weight is 491 g/mol. The lowest BCUT2D eigenvalue weighted by Crippen LogP contribution is -2.47. The van der Waals surface area contributed by atoms with E-state index in [1.807, 2.05) is 51.1 Å². The van der Waals surface area contributed by atoms with Crippen LogP contribution in [0.15, 0.2) is 30.3 Å². The molecule has 1 aliphatic carbocycles. The Morgan fingerprint density at radius 3 is 2.74 bits per heavy atom. The van der Waals surface area contributed by atoms with Crippen LogP contribution < -0.4 is 0 Å². The highest BCUT2D eigenvalue weighted by Gasteiger charge is 2.47. The van der Waals surface area contributed by atoms with Crippen LogP contribution >= 0.6 is 11.3 Å². The third kappa shape index (κ3) is 3.85. The highest BCUT2D eigenvalue weighted by atomic mass is 32.1. The van der Waals surface area contributed by atoms with Gasteiger partial charge in [0.1, 0.15) is 11.4 Å². The molecule has 0 bridgehead atoms. The number of thiophene rings is 1. The third-order valence-electron chi connectivity index (χ3n) is 7.48. The number of cyclic esters (lactones) is 1. The van der Waals surface area contributed by atoms with E-state index < -0.39 is 17.8 Å². The number of pyridine rings is 1. The minimum absolute atomic E-state index is 0.191. The molecular formula is C28H30N2O4S. The number of benzene rings is 1. The zero-order chi connectivity index (χ0) is 24.3. The molecule has 35 heavy (non-hydrogen) atoms. The zero-order valence-corrected chi connectivity index (χ0v) is 21.2. The van der Waals surface area contributed by atoms with Crippen LogP contribution in [0.1, 0.15) is 65.6 Å². The van der Waals surface area contributed by atoms with Crippen molar-refractivity contribution in [1.82, 2.24) is 9.88 Å². The molecule has 0 N–H and O–H groups in total. The second kappa shape index (κ2) is 8.42. The number of rotatable bonds is 3. The normalized spacial score (nSPS) is 23.2. The van der Waals surface area contributed by atoms with Gasteiger partial charge in [0, 0.05) is 27.9 Å². The van der Waals surface area contributed by atoms with Crippen LogP contribution in [0.25, 0.3) is 10.2 Å². The predicted octanol–water partition coefficient (Wildman–Crippen LogP) is 5.47. The molecule has 6 rings (SSSR count). The molecule has 3 aromatic rings. The summed E-state index contributed by atoms with van der Waals surface area (Å²) in [5.74, 6) is -0.351. The van der Waals surface area contributed by atoms with Crippen molar-refractivity contribution in [2.75, 3.05) is 6.61 Å². The monoisotopic (exact) mass is 490 g/mol. The van der Waals surface area contributed by atoms with Gasteiger partial charge in [-0.3, -0.25) is 4.79 Å². The van der Waals surface area contributed by atoms with Crippen molar-refractivity contribution in [1.29, 1.82) is 0 Å². The molecule has 0 radical (unpaired) electrons. The first kappa shape index (κ1) is 22.7. The van der Waals surface area contributed by atoms with Crippen LogP contribution in [0.5, 0.6) is 0 Å². The number of hydrogen-bond acceptors (Lipinski definition) is 6. The number of fused-ring (bicyclic) bond motifs is 5. The van der Waals surface area contributed by atoms with Crippen LogP contribution in [0.2, 0.25) is 0 Å². The summed E-state index contributed by atoms with van der Waals surface area (Å²) in [5.41, 5.74) is 4.75. The number of carbonyl (C=O) groups is 2. The molecule has 1 aromatic carbocycles. The van der Waals surface area contributed by atoms with Crippen molar-refractivity contribution in [3.63, 3.8) is 0 Å². The second-order valence-corrected chi connectivity index (χ2v) is 11.6. The van der Waals surface area contributed by atoms with Gasteiger partial charge in [-0.2, -0.15) is 0 Å². The molecule has 4 heterocycles.